The van der Waals surface area contributed by atoms with E-state index in [0.717, 1.165) is 6.20 Å². The van der Waals surface area contributed by atoms with E-state index in [1.165, 1.54) is 17.8 Å². The van der Waals surface area contributed by atoms with Crippen molar-refractivity contribution < 1.29 is 14.8 Å². The molecule has 14 heavy (non-hydrogen) atoms. The van der Waals surface area contributed by atoms with Gasteiger partial charge < -0.3 is 5.11 Å². The van der Waals surface area contributed by atoms with Crippen molar-refractivity contribution >= 4 is 23.4 Å². The summed E-state index contributed by atoms with van der Waals surface area (Å²) in [7, 11) is 0. The largest absolute Gasteiger partial charge is 0.477 e. The molecule has 0 aliphatic carbocycles. The summed E-state index contributed by atoms with van der Waals surface area (Å²) >= 11 is 1.22. The number of carboxylic acid groups (broad SMARTS) is 1. The van der Waals surface area contributed by atoms with E-state index < -0.39 is 16.6 Å². The number of nitro groups is 1. The molecule has 0 bridgehead atoms. The fourth-order valence-electron chi connectivity index (χ4n) is 0.857. The van der Waals surface area contributed by atoms with E-state index in [2.05, 4.69) is 4.98 Å². The molecule has 1 aromatic rings. The summed E-state index contributed by atoms with van der Waals surface area (Å²) in [6.07, 6.45) is 2.66. The monoisotopic (exact) mass is 214 g/mol. The molecule has 0 radical (unpaired) electrons. The highest BCUT2D eigenvalue weighted by atomic mass is 32.2. The Balaban J connectivity index is 3.31. The molecule has 1 aromatic heterocycles. The van der Waals surface area contributed by atoms with E-state index in [-0.39, 0.29) is 5.56 Å². The smallest absolute Gasteiger partial charge is 0.342 e. The van der Waals surface area contributed by atoms with Crippen molar-refractivity contribution in [2.75, 3.05) is 6.26 Å². The highest BCUT2D eigenvalue weighted by molar-refractivity contribution is 7.98. The van der Waals surface area contributed by atoms with Crippen molar-refractivity contribution in [3.8, 4) is 0 Å². The molecule has 7 heteroatoms. The first-order valence-electron chi connectivity index (χ1n) is 3.48. The van der Waals surface area contributed by atoms with Crippen LogP contribution in [-0.2, 0) is 0 Å². The van der Waals surface area contributed by atoms with Crippen LogP contribution in [0, 0.1) is 10.1 Å². The van der Waals surface area contributed by atoms with Gasteiger partial charge in [0.2, 0.25) is 0 Å². The minimum absolute atomic E-state index is 0.339. The van der Waals surface area contributed by atoms with Gasteiger partial charge >= 0.3 is 11.7 Å². The first kappa shape index (κ1) is 10.5. The lowest BCUT2D eigenvalue weighted by atomic mass is 10.2. The summed E-state index contributed by atoms with van der Waals surface area (Å²) < 4.78 is 0. The normalized spacial score (nSPS) is 9.79. The minimum Gasteiger partial charge on any atom is -0.477 e. The number of carbonyl (C=O) groups is 1. The first-order valence-corrected chi connectivity index (χ1v) is 4.70. The van der Waals surface area contributed by atoms with Crippen LogP contribution in [0.3, 0.4) is 0 Å². The van der Waals surface area contributed by atoms with Crippen molar-refractivity contribution in [1.82, 2.24) is 4.98 Å². The summed E-state index contributed by atoms with van der Waals surface area (Å²) in [5.41, 5.74) is -0.829. The molecular formula is C7H6N2O4S. The van der Waals surface area contributed by atoms with Crippen LogP contribution in [0.5, 0.6) is 0 Å². The Kier molecular flexibility index (Phi) is 3.03. The van der Waals surface area contributed by atoms with Crippen LogP contribution < -0.4 is 0 Å². The number of rotatable bonds is 3. The molecule has 6 nitrogen and oxygen atoms in total. The number of pyridine rings is 1. The summed E-state index contributed by atoms with van der Waals surface area (Å²) in [5.74, 6) is -1.32. The topological polar surface area (TPSA) is 93.3 Å². The first-order chi connectivity index (χ1) is 6.56. The van der Waals surface area contributed by atoms with E-state index in [1.807, 2.05) is 0 Å². The van der Waals surface area contributed by atoms with E-state index in [4.69, 9.17) is 5.11 Å². The predicted octanol–water partition coefficient (Wildman–Crippen LogP) is 1.41. The summed E-state index contributed by atoms with van der Waals surface area (Å²) in [5, 5.41) is 19.6. The Labute approximate surface area is 83.1 Å². The lowest BCUT2D eigenvalue weighted by molar-refractivity contribution is -0.385. The molecule has 0 aromatic carbocycles. The molecule has 1 rings (SSSR count). The molecule has 74 valence electrons. The van der Waals surface area contributed by atoms with Crippen LogP contribution in [0.4, 0.5) is 5.69 Å². The molecule has 0 saturated heterocycles. The maximum absolute atomic E-state index is 10.7. The van der Waals surface area contributed by atoms with Gasteiger partial charge in [-0.25, -0.2) is 9.78 Å². The van der Waals surface area contributed by atoms with Gasteiger partial charge in [0, 0.05) is 0 Å². The second-order valence-corrected chi connectivity index (χ2v) is 3.13. The molecule has 0 saturated carbocycles. The molecule has 0 aliphatic rings. The van der Waals surface area contributed by atoms with Crippen LogP contribution in [0.2, 0.25) is 0 Å². The van der Waals surface area contributed by atoms with Gasteiger partial charge in [0.25, 0.3) is 0 Å². The van der Waals surface area contributed by atoms with Crippen LogP contribution in [0.1, 0.15) is 10.4 Å². The number of hydrogen-bond donors (Lipinski definition) is 1. The van der Waals surface area contributed by atoms with E-state index in [0.29, 0.717) is 5.03 Å². The van der Waals surface area contributed by atoms with E-state index in [9.17, 15) is 14.9 Å². The maximum atomic E-state index is 10.7. The Morgan fingerprint density at radius 1 is 1.71 bits per heavy atom. The van der Waals surface area contributed by atoms with Gasteiger partial charge in [-0.3, -0.25) is 10.1 Å². The van der Waals surface area contributed by atoms with Gasteiger partial charge in [0.05, 0.1) is 9.95 Å². The van der Waals surface area contributed by atoms with Crippen molar-refractivity contribution in [2.24, 2.45) is 0 Å². The van der Waals surface area contributed by atoms with E-state index in [1.54, 1.807) is 6.26 Å². The van der Waals surface area contributed by atoms with Gasteiger partial charge in [-0.2, -0.15) is 0 Å². The van der Waals surface area contributed by atoms with Gasteiger partial charge in [0.1, 0.15) is 11.8 Å². The highest BCUT2D eigenvalue weighted by Crippen LogP contribution is 2.21. The summed E-state index contributed by atoms with van der Waals surface area (Å²) in [4.78, 5) is 24.0. The molecule has 0 amide bonds. The molecule has 0 unspecified atom stereocenters. The lowest BCUT2D eigenvalue weighted by Gasteiger charge is -1.99. The minimum atomic E-state index is -1.32. The number of hydrogen-bond acceptors (Lipinski definition) is 5. The Morgan fingerprint density at radius 2 is 2.36 bits per heavy atom. The molecule has 1 N–H and O–H groups in total. The average Bonchev–Trinajstić information content (AvgIpc) is 2.16. The fraction of sp³-hybridized carbons (Fsp3) is 0.143. The Morgan fingerprint density at radius 3 is 2.79 bits per heavy atom. The molecule has 0 aliphatic heterocycles. The predicted molar refractivity (Wildman–Crippen MR) is 49.6 cm³/mol. The molecular weight excluding hydrogens is 208 g/mol. The van der Waals surface area contributed by atoms with Crippen molar-refractivity contribution in [3.05, 3.63) is 27.9 Å². The molecule has 0 atom stereocenters. The maximum Gasteiger partial charge on any atom is 0.342 e. The molecule has 0 fully saturated rings. The zero-order chi connectivity index (χ0) is 10.7. The lowest BCUT2D eigenvalue weighted by Crippen LogP contribution is -2.03. The molecule has 0 spiro atoms. The van der Waals surface area contributed by atoms with Gasteiger partial charge in [-0.1, -0.05) is 0 Å². The third kappa shape index (κ3) is 1.99. The van der Waals surface area contributed by atoms with Gasteiger partial charge in [-0.15, -0.1) is 11.8 Å². The van der Waals surface area contributed by atoms with E-state index >= 15 is 0 Å². The van der Waals surface area contributed by atoms with Crippen LogP contribution >= 0.6 is 11.8 Å². The van der Waals surface area contributed by atoms with Crippen molar-refractivity contribution in [3.63, 3.8) is 0 Å². The van der Waals surface area contributed by atoms with Crippen LogP contribution in [0.15, 0.2) is 17.3 Å². The third-order valence-electron chi connectivity index (χ3n) is 1.49. The Hall–Kier alpha value is -1.63. The zero-order valence-corrected chi connectivity index (χ0v) is 7.95. The van der Waals surface area contributed by atoms with Crippen LogP contribution in [-0.4, -0.2) is 27.2 Å². The highest BCUT2D eigenvalue weighted by Gasteiger charge is 2.20. The fourth-order valence-corrected chi connectivity index (χ4v) is 1.25. The number of thioether (sulfide) groups is 1. The van der Waals surface area contributed by atoms with Crippen LogP contribution in [0.25, 0.3) is 0 Å². The Bertz CT molecular complexity index is 393. The third-order valence-corrected chi connectivity index (χ3v) is 2.14. The average molecular weight is 214 g/mol. The number of aromatic carboxylic acids is 1. The standard InChI is InChI=1S/C7H6N2O4S/c1-14-6-2-4(7(10)11)5(3-8-6)9(12)13/h2-3H,1H3,(H,10,11). The number of carboxylic acids is 1. The second kappa shape index (κ2) is 4.05. The quantitative estimate of drug-likeness (QED) is 0.464. The summed E-state index contributed by atoms with van der Waals surface area (Å²) in [6, 6.07) is 1.19. The number of aromatic nitrogens is 1. The van der Waals surface area contributed by atoms with Gasteiger partial charge in [-0.05, 0) is 12.3 Å². The van der Waals surface area contributed by atoms with Crippen molar-refractivity contribution in [1.29, 1.82) is 0 Å². The van der Waals surface area contributed by atoms with Gasteiger partial charge in [0.15, 0.2) is 0 Å². The zero-order valence-electron chi connectivity index (χ0n) is 7.13. The second-order valence-electron chi connectivity index (χ2n) is 2.31. The SMILES string of the molecule is CSc1cc(C(=O)O)c([N+](=O)[O-])cn1. The number of nitrogens with zero attached hydrogens (tertiary/aromatic N) is 2. The molecule has 1 heterocycles. The summed E-state index contributed by atoms with van der Waals surface area (Å²) in [6.45, 7) is 0. The van der Waals surface area contributed by atoms with Crippen molar-refractivity contribution in [2.45, 2.75) is 5.03 Å².